The van der Waals surface area contributed by atoms with E-state index in [0.29, 0.717) is 49.3 Å². The molecule has 1 aliphatic heterocycles. The van der Waals surface area contributed by atoms with E-state index in [2.05, 4.69) is 0 Å². The highest BCUT2D eigenvalue weighted by Gasteiger charge is 2.57. The van der Waals surface area contributed by atoms with Crippen LogP contribution in [-0.4, -0.2) is 60.4 Å². The summed E-state index contributed by atoms with van der Waals surface area (Å²) in [5.41, 5.74) is 4.28. The molecule has 1 amide bonds. The van der Waals surface area contributed by atoms with E-state index in [9.17, 15) is 18.3 Å². The number of piperazine rings is 1. The average Bonchev–Trinajstić information content (AvgIpc) is 2.74. The fraction of sp³-hybridized carbons (Fsp3) is 0.741. The first-order valence-electron chi connectivity index (χ1n) is 12.9. The number of nitrogens with zero attached hydrogens (tertiary/aromatic N) is 2. The number of sulfonamides is 1. The summed E-state index contributed by atoms with van der Waals surface area (Å²) < 4.78 is 28.9. The van der Waals surface area contributed by atoms with E-state index >= 15 is 0 Å². The molecular weight excluding hydrogens is 448 g/mol. The third-order valence-corrected chi connectivity index (χ3v) is 12.0. The summed E-state index contributed by atoms with van der Waals surface area (Å²) in [7, 11) is -3.62. The minimum Gasteiger partial charge on any atom is -0.390 e. The lowest BCUT2D eigenvalue weighted by Gasteiger charge is -2.60. The molecule has 1 heterocycles. The number of hydrogen-bond acceptors (Lipinski definition) is 4. The molecule has 1 saturated heterocycles. The van der Waals surface area contributed by atoms with E-state index in [1.807, 2.05) is 39.5 Å². The maximum Gasteiger partial charge on any atom is 0.243 e. The molecule has 5 aliphatic rings. The topological polar surface area (TPSA) is 77.9 Å². The molecule has 0 radical (unpaired) electrons. The number of benzene rings is 1. The van der Waals surface area contributed by atoms with Crippen LogP contribution in [0.2, 0.25) is 0 Å². The van der Waals surface area contributed by atoms with Crippen molar-refractivity contribution in [1.29, 1.82) is 0 Å². The minimum atomic E-state index is -3.62. The Labute approximate surface area is 204 Å². The summed E-state index contributed by atoms with van der Waals surface area (Å²) in [6.07, 6.45) is 6.43. The van der Waals surface area contributed by atoms with Crippen LogP contribution in [0, 0.1) is 51.9 Å². The summed E-state index contributed by atoms with van der Waals surface area (Å²) in [6.45, 7) is 11.4. The van der Waals surface area contributed by atoms with Crippen molar-refractivity contribution < 1.29 is 18.3 Å². The largest absolute Gasteiger partial charge is 0.390 e. The molecule has 6 rings (SSSR count). The zero-order valence-electron chi connectivity index (χ0n) is 21.4. The van der Waals surface area contributed by atoms with Crippen molar-refractivity contribution in [3.8, 4) is 0 Å². The maximum atomic E-state index is 13.7. The molecule has 2 unspecified atom stereocenters. The molecule has 4 aliphatic carbocycles. The van der Waals surface area contributed by atoms with Crippen LogP contribution in [0.15, 0.2) is 4.90 Å². The van der Waals surface area contributed by atoms with Crippen molar-refractivity contribution in [2.45, 2.75) is 90.1 Å². The smallest absolute Gasteiger partial charge is 0.243 e. The summed E-state index contributed by atoms with van der Waals surface area (Å²) in [5.74, 6) is 1.26. The zero-order chi connectivity index (χ0) is 24.6. The van der Waals surface area contributed by atoms with Crippen molar-refractivity contribution >= 4 is 15.9 Å². The molecule has 2 atom stereocenters. The van der Waals surface area contributed by atoms with E-state index < -0.39 is 15.6 Å². The van der Waals surface area contributed by atoms with Crippen LogP contribution in [0.5, 0.6) is 0 Å². The maximum absolute atomic E-state index is 13.7. The summed E-state index contributed by atoms with van der Waals surface area (Å²) in [6, 6.07) is 0. The molecule has 1 aromatic rings. The quantitative estimate of drug-likeness (QED) is 0.700. The lowest BCUT2D eigenvalue weighted by atomic mass is 9.47. The molecule has 7 heteroatoms. The average molecular weight is 489 g/mol. The van der Waals surface area contributed by atoms with Crippen molar-refractivity contribution in [1.82, 2.24) is 9.21 Å². The number of rotatable bonds is 4. The molecule has 0 aromatic heterocycles. The first-order valence-corrected chi connectivity index (χ1v) is 14.4. The number of amides is 1. The Kier molecular flexibility index (Phi) is 5.74. The van der Waals surface area contributed by atoms with Gasteiger partial charge < -0.3 is 10.0 Å². The van der Waals surface area contributed by atoms with Gasteiger partial charge in [0.2, 0.25) is 15.9 Å². The lowest BCUT2D eigenvalue weighted by molar-refractivity contribution is -0.172. The summed E-state index contributed by atoms with van der Waals surface area (Å²) in [4.78, 5) is 15.6. The van der Waals surface area contributed by atoms with Gasteiger partial charge in [-0.2, -0.15) is 4.31 Å². The van der Waals surface area contributed by atoms with Gasteiger partial charge in [-0.3, -0.25) is 4.79 Å². The summed E-state index contributed by atoms with van der Waals surface area (Å²) in [5, 5.41) is 11.0. The van der Waals surface area contributed by atoms with Crippen LogP contribution < -0.4 is 0 Å². The standard InChI is InChI=1S/C27H40N2O4S/c1-17-18(2)20(4)25(21(5)19(17)3)34(32,33)29-8-6-28(7-9-29)24(30)15-26-11-22-10-23(12-26)14-27(31,13-22)16-26/h22-23,31H,6-16H2,1-5H3. The Morgan fingerprint density at radius 2 is 1.35 bits per heavy atom. The second-order valence-corrected chi connectivity index (χ2v) is 14.0. The second-order valence-electron chi connectivity index (χ2n) is 12.1. The molecule has 34 heavy (non-hydrogen) atoms. The Morgan fingerprint density at radius 1 is 0.853 bits per heavy atom. The second kappa shape index (κ2) is 8.04. The normalized spacial score (nSPS) is 33.5. The fourth-order valence-corrected chi connectivity index (χ4v) is 10.2. The molecule has 6 nitrogen and oxygen atoms in total. The lowest BCUT2D eigenvalue weighted by Crippen LogP contribution is -2.57. The van der Waals surface area contributed by atoms with Crippen molar-refractivity contribution in [3.63, 3.8) is 0 Å². The highest BCUT2D eigenvalue weighted by atomic mass is 32.2. The first kappa shape index (κ1) is 24.3. The van der Waals surface area contributed by atoms with Gasteiger partial charge >= 0.3 is 0 Å². The molecule has 1 aromatic carbocycles. The predicted molar refractivity (Wildman–Crippen MR) is 132 cm³/mol. The summed E-state index contributed by atoms with van der Waals surface area (Å²) >= 11 is 0. The first-order chi connectivity index (χ1) is 15.8. The highest BCUT2D eigenvalue weighted by Crippen LogP contribution is 2.62. The number of hydrogen-bond donors (Lipinski definition) is 1. The zero-order valence-corrected chi connectivity index (χ0v) is 22.2. The molecular formula is C27H40N2O4S. The molecule has 4 saturated carbocycles. The Bertz CT molecular complexity index is 1090. The molecule has 4 bridgehead atoms. The molecule has 0 spiro atoms. The number of carbonyl (C=O) groups is 1. The van der Waals surface area contributed by atoms with Gasteiger partial charge in [-0.15, -0.1) is 0 Å². The van der Waals surface area contributed by atoms with E-state index in [4.69, 9.17) is 0 Å². The molecule has 5 fully saturated rings. The van der Waals surface area contributed by atoms with Crippen LogP contribution in [-0.2, 0) is 14.8 Å². The van der Waals surface area contributed by atoms with E-state index in [-0.39, 0.29) is 11.3 Å². The third-order valence-electron chi connectivity index (χ3n) is 9.80. The number of aliphatic hydroxyl groups is 1. The Hall–Kier alpha value is -1.44. The molecule has 1 N–H and O–H groups in total. The van der Waals surface area contributed by atoms with Gasteiger partial charge in [0.15, 0.2) is 0 Å². The van der Waals surface area contributed by atoms with Crippen LogP contribution in [0.1, 0.15) is 72.8 Å². The van der Waals surface area contributed by atoms with E-state index in [1.54, 1.807) is 4.31 Å². The SMILES string of the molecule is Cc1c(C)c(C)c(S(=O)(=O)N2CCN(C(=O)CC34CC5CC(CC(O)(C5)C3)C4)CC2)c(C)c1C. The van der Waals surface area contributed by atoms with Crippen molar-refractivity contribution in [2.75, 3.05) is 26.2 Å². The third kappa shape index (κ3) is 3.82. The Balaban J connectivity index is 1.28. The van der Waals surface area contributed by atoms with Gasteiger partial charge in [0.25, 0.3) is 0 Å². The van der Waals surface area contributed by atoms with Crippen LogP contribution >= 0.6 is 0 Å². The van der Waals surface area contributed by atoms with Crippen LogP contribution in [0.4, 0.5) is 0 Å². The number of carbonyl (C=O) groups excluding carboxylic acids is 1. The van der Waals surface area contributed by atoms with Gasteiger partial charge in [0.05, 0.1) is 10.5 Å². The minimum absolute atomic E-state index is 0.0513. The Morgan fingerprint density at radius 3 is 1.85 bits per heavy atom. The monoisotopic (exact) mass is 488 g/mol. The van der Waals surface area contributed by atoms with E-state index in [0.717, 1.165) is 59.9 Å². The van der Waals surface area contributed by atoms with Gasteiger partial charge in [-0.25, -0.2) is 8.42 Å². The highest BCUT2D eigenvalue weighted by molar-refractivity contribution is 7.89. The predicted octanol–water partition coefficient (Wildman–Crippen LogP) is 3.78. The fourth-order valence-electron chi connectivity index (χ4n) is 8.20. The van der Waals surface area contributed by atoms with Gasteiger partial charge in [-0.05, 0) is 118 Å². The van der Waals surface area contributed by atoms with Gasteiger partial charge in [0.1, 0.15) is 0 Å². The molecule has 188 valence electrons. The van der Waals surface area contributed by atoms with E-state index in [1.165, 1.54) is 6.42 Å². The van der Waals surface area contributed by atoms with Crippen molar-refractivity contribution in [2.24, 2.45) is 17.3 Å². The van der Waals surface area contributed by atoms with Crippen LogP contribution in [0.25, 0.3) is 0 Å². The van der Waals surface area contributed by atoms with Gasteiger partial charge in [0, 0.05) is 32.6 Å². The van der Waals surface area contributed by atoms with Crippen LogP contribution in [0.3, 0.4) is 0 Å². The van der Waals surface area contributed by atoms with Crippen molar-refractivity contribution in [3.05, 3.63) is 27.8 Å². The van der Waals surface area contributed by atoms with Gasteiger partial charge in [-0.1, -0.05) is 0 Å².